The number of nitrogens with zero attached hydrogens (tertiary/aromatic N) is 1. The Bertz CT molecular complexity index is 1630. The van der Waals surface area contributed by atoms with Crippen LogP contribution in [0.2, 0.25) is 5.02 Å². The number of ether oxygens (including phenoxy) is 1. The minimum Gasteiger partial charge on any atom is -0.490 e. The molecule has 1 fully saturated rings. The monoisotopic (exact) mass is 622 g/mol. The van der Waals surface area contributed by atoms with Gasteiger partial charge in [-0.3, -0.25) is 4.79 Å². The largest absolute Gasteiger partial charge is 0.490 e. The summed E-state index contributed by atoms with van der Waals surface area (Å²) in [4.78, 5) is 15.6. The maximum Gasteiger partial charge on any atom is 0.264 e. The van der Waals surface area contributed by atoms with Crippen LogP contribution in [0.4, 0.5) is 5.69 Å². The summed E-state index contributed by atoms with van der Waals surface area (Å²) in [5.74, 6) is 6.80. The van der Waals surface area contributed by atoms with Gasteiger partial charge in [0.2, 0.25) is 10.0 Å². The average molecular weight is 623 g/mol. The highest BCUT2D eigenvalue weighted by Gasteiger charge is 2.44. The number of allylic oxidation sites excluding steroid dienone is 1. The lowest BCUT2D eigenvalue weighted by atomic mass is 9.68. The van der Waals surface area contributed by atoms with Crippen molar-refractivity contribution in [2.75, 3.05) is 24.6 Å². The molecule has 2 N–H and O–H groups in total. The molecule has 6 rings (SSSR count). The van der Waals surface area contributed by atoms with Crippen LogP contribution in [0.25, 0.3) is 0 Å². The molecule has 228 valence electrons. The van der Waals surface area contributed by atoms with Crippen LogP contribution in [0.1, 0.15) is 73.9 Å². The lowest BCUT2D eigenvalue weighted by molar-refractivity contribution is 0.0981. The summed E-state index contributed by atoms with van der Waals surface area (Å²) in [5.41, 5.74) is 4.23. The Hall–Kier alpha value is -2.99. The number of aliphatic hydroxyl groups is 1. The van der Waals surface area contributed by atoms with Crippen LogP contribution in [0.3, 0.4) is 0 Å². The first-order chi connectivity index (χ1) is 20.6. The van der Waals surface area contributed by atoms with Gasteiger partial charge in [-0.1, -0.05) is 23.6 Å². The third-order valence-electron chi connectivity index (χ3n) is 9.85. The van der Waals surface area contributed by atoms with Gasteiger partial charge in [0.05, 0.1) is 23.6 Å². The highest BCUT2D eigenvalue weighted by atomic mass is 35.5. The van der Waals surface area contributed by atoms with E-state index >= 15 is 0 Å². The number of sulfonamides is 1. The van der Waals surface area contributed by atoms with E-state index < -0.39 is 27.3 Å². The fourth-order valence-electron chi connectivity index (χ4n) is 7.28. The quantitative estimate of drug-likeness (QED) is 0.383. The van der Waals surface area contributed by atoms with Gasteiger partial charge in [0.25, 0.3) is 5.91 Å². The molecule has 2 aromatic carbocycles. The third-order valence-corrected chi connectivity index (χ3v) is 11.8. The molecule has 4 aliphatic rings. The zero-order chi connectivity index (χ0) is 30.4. The normalized spacial score (nSPS) is 31.4. The molecule has 2 heterocycles. The second kappa shape index (κ2) is 11.8. The lowest BCUT2D eigenvalue weighted by Crippen LogP contribution is -2.48. The molecule has 5 atom stereocenters. The summed E-state index contributed by atoms with van der Waals surface area (Å²) in [6.45, 7) is 5.28. The van der Waals surface area contributed by atoms with Crippen molar-refractivity contribution in [3.63, 3.8) is 0 Å². The van der Waals surface area contributed by atoms with Crippen LogP contribution in [-0.2, 0) is 21.9 Å². The van der Waals surface area contributed by atoms with Crippen LogP contribution in [-0.4, -0.2) is 50.5 Å². The first kappa shape index (κ1) is 30.1. The number of anilines is 1. The van der Waals surface area contributed by atoms with Crippen molar-refractivity contribution < 1.29 is 23.1 Å². The van der Waals surface area contributed by atoms with E-state index in [1.165, 1.54) is 11.1 Å². The van der Waals surface area contributed by atoms with Gasteiger partial charge in [-0.05, 0) is 118 Å². The van der Waals surface area contributed by atoms with Crippen molar-refractivity contribution in [3.05, 3.63) is 69.8 Å². The number of amides is 1. The number of aryl methyl sites for hydroxylation is 1. The summed E-state index contributed by atoms with van der Waals surface area (Å²) >= 11 is 6.40. The van der Waals surface area contributed by atoms with Crippen LogP contribution in [0.15, 0.2) is 48.0 Å². The molecule has 1 saturated carbocycles. The standard InChI is InChI=1S/C34H39ClN2O5S/c1-3-5-23-17-28(38)11-7-22(2)43(40,41)36-33(39)25-9-14-32-31(18-25)37(19-26-8-12-29(23)26)20-34(21-42-32)15-4-6-24-16-27(35)10-13-30(24)34/h9-10,13-14,16-18,22,26,28-29,38H,4,6-8,11-12,15,19-21H2,1-2H3,(H,36,39)/b23-17-/t22-,26+,28-,29+,34+/m1/s1. The van der Waals surface area contributed by atoms with Gasteiger partial charge in [-0.15, -0.1) is 5.92 Å². The van der Waals surface area contributed by atoms with E-state index in [-0.39, 0.29) is 29.7 Å². The SMILES string of the molecule is CC#C/C1=C/[C@H](O)CC[C@@H](C)S(=O)(=O)NC(=O)c2ccc3c(c2)N(C[C@@H]2CC[C@@H]12)C[C@@]1(CCCc2cc(Cl)ccc21)CO3. The first-order valence-electron chi connectivity index (χ1n) is 15.3. The van der Waals surface area contributed by atoms with Gasteiger partial charge in [-0.25, -0.2) is 13.1 Å². The van der Waals surface area contributed by atoms with E-state index in [9.17, 15) is 18.3 Å². The van der Waals surface area contributed by atoms with Crippen molar-refractivity contribution in [1.82, 2.24) is 4.72 Å². The summed E-state index contributed by atoms with van der Waals surface area (Å²) in [5, 5.41) is 10.8. The molecule has 2 bridgehead atoms. The second-order valence-electron chi connectivity index (χ2n) is 12.7. The number of aliphatic hydroxyl groups excluding tert-OH is 1. The number of carbonyl (C=O) groups excluding carboxylic acids is 1. The highest BCUT2D eigenvalue weighted by molar-refractivity contribution is 7.90. The Labute approximate surface area is 259 Å². The molecule has 9 heteroatoms. The fraction of sp³-hybridized carbons (Fsp3) is 0.500. The topological polar surface area (TPSA) is 95.9 Å². The van der Waals surface area contributed by atoms with Crippen molar-refractivity contribution in [2.24, 2.45) is 11.8 Å². The summed E-state index contributed by atoms with van der Waals surface area (Å²) < 4.78 is 35.0. The Morgan fingerprint density at radius 3 is 2.74 bits per heavy atom. The van der Waals surface area contributed by atoms with Crippen LogP contribution in [0, 0.1) is 23.7 Å². The smallest absolute Gasteiger partial charge is 0.264 e. The van der Waals surface area contributed by atoms with Crippen molar-refractivity contribution in [2.45, 2.75) is 75.6 Å². The van der Waals surface area contributed by atoms with Gasteiger partial charge < -0.3 is 14.7 Å². The fourth-order valence-corrected chi connectivity index (χ4v) is 8.50. The highest BCUT2D eigenvalue weighted by Crippen LogP contribution is 2.47. The minimum atomic E-state index is -3.96. The van der Waals surface area contributed by atoms with Gasteiger partial charge in [-0.2, -0.15) is 0 Å². The molecular weight excluding hydrogens is 584 g/mol. The van der Waals surface area contributed by atoms with Gasteiger partial charge in [0.15, 0.2) is 0 Å². The number of hydrogen-bond acceptors (Lipinski definition) is 6. The number of fused-ring (bicyclic) bond motifs is 4. The molecule has 0 radical (unpaired) electrons. The maximum atomic E-state index is 13.3. The van der Waals surface area contributed by atoms with Crippen molar-refractivity contribution in [3.8, 4) is 17.6 Å². The molecule has 2 aromatic rings. The molecule has 1 amide bonds. The Kier molecular flexibility index (Phi) is 8.27. The van der Waals surface area contributed by atoms with Gasteiger partial charge in [0, 0.05) is 34.7 Å². The third kappa shape index (κ3) is 5.92. The number of hydrogen-bond donors (Lipinski definition) is 2. The molecule has 0 aromatic heterocycles. The maximum absolute atomic E-state index is 13.3. The predicted molar refractivity (Wildman–Crippen MR) is 169 cm³/mol. The van der Waals surface area contributed by atoms with Crippen molar-refractivity contribution in [1.29, 1.82) is 0 Å². The number of benzene rings is 2. The van der Waals surface area contributed by atoms with Crippen LogP contribution < -0.4 is 14.4 Å². The van der Waals surface area contributed by atoms with Crippen LogP contribution in [0.5, 0.6) is 5.75 Å². The first-order valence-corrected chi connectivity index (χ1v) is 17.2. The van der Waals surface area contributed by atoms with Gasteiger partial charge in [0.1, 0.15) is 5.75 Å². The zero-order valence-corrected chi connectivity index (χ0v) is 26.3. The number of nitrogens with one attached hydrogen (secondary N) is 1. The number of rotatable bonds is 0. The van der Waals surface area contributed by atoms with E-state index in [4.69, 9.17) is 16.3 Å². The molecule has 43 heavy (non-hydrogen) atoms. The predicted octanol–water partition coefficient (Wildman–Crippen LogP) is 5.39. The minimum absolute atomic E-state index is 0.198. The van der Waals surface area contributed by atoms with E-state index in [2.05, 4.69) is 33.6 Å². The Balaban J connectivity index is 1.45. The van der Waals surface area contributed by atoms with E-state index in [1.54, 1.807) is 32.0 Å². The number of carbonyl (C=O) groups is 1. The van der Waals surface area contributed by atoms with Crippen LogP contribution >= 0.6 is 11.6 Å². The molecular formula is C34H39ClN2O5S. The molecule has 0 unspecified atom stereocenters. The second-order valence-corrected chi connectivity index (χ2v) is 15.2. The number of halogens is 1. The van der Waals surface area contributed by atoms with E-state index in [1.807, 2.05) is 12.1 Å². The Morgan fingerprint density at radius 1 is 1.14 bits per heavy atom. The Morgan fingerprint density at radius 2 is 1.98 bits per heavy atom. The molecule has 0 saturated heterocycles. The molecule has 2 aliphatic carbocycles. The van der Waals surface area contributed by atoms with E-state index in [0.29, 0.717) is 24.8 Å². The van der Waals surface area contributed by atoms with Crippen molar-refractivity contribution >= 4 is 33.2 Å². The molecule has 7 nitrogen and oxygen atoms in total. The summed E-state index contributed by atoms with van der Waals surface area (Å²) in [7, 11) is -3.96. The summed E-state index contributed by atoms with van der Waals surface area (Å²) in [6, 6.07) is 11.4. The average Bonchev–Trinajstić information content (AvgIpc) is 3.10. The van der Waals surface area contributed by atoms with E-state index in [0.717, 1.165) is 54.9 Å². The zero-order valence-electron chi connectivity index (χ0n) is 24.7. The lowest BCUT2D eigenvalue weighted by Gasteiger charge is -2.44. The van der Waals surface area contributed by atoms with Gasteiger partial charge >= 0.3 is 0 Å². The molecule has 2 aliphatic heterocycles. The molecule has 1 spiro atoms. The summed E-state index contributed by atoms with van der Waals surface area (Å²) in [6.07, 6.45) is 6.43.